The fourth-order valence-corrected chi connectivity index (χ4v) is 1.65. The monoisotopic (exact) mass is 270 g/mol. The molecule has 18 heavy (non-hydrogen) atoms. The third-order valence-corrected chi connectivity index (χ3v) is 2.87. The van der Waals surface area contributed by atoms with Gasteiger partial charge in [-0.2, -0.15) is 0 Å². The zero-order chi connectivity index (χ0) is 13.5. The predicted molar refractivity (Wildman–Crippen MR) is 72.7 cm³/mol. The molecular weight excluding hydrogens is 252 g/mol. The van der Waals surface area contributed by atoms with Crippen LogP contribution in [0.3, 0.4) is 0 Å². The predicted octanol–water partition coefficient (Wildman–Crippen LogP) is 1.95. The molecule has 0 radical (unpaired) electrons. The number of halogens is 1. The van der Waals surface area contributed by atoms with E-state index in [1.165, 1.54) is 0 Å². The minimum Gasteiger partial charge on any atom is -0.491 e. The Bertz CT molecular complexity index is 410. The van der Waals surface area contributed by atoms with Crippen molar-refractivity contribution in [3.8, 4) is 5.75 Å². The standard InChI is InChI=1S/C13H19ClN2O2/c1-3-16-7-10-5-4-6-11(14)12(10)18-8-9(2)13(15)17/h4-6,9,16H,3,7-8H2,1-2H3,(H2,15,17). The third-order valence-electron chi connectivity index (χ3n) is 2.58. The van der Waals surface area contributed by atoms with E-state index in [0.717, 1.165) is 12.1 Å². The highest BCUT2D eigenvalue weighted by atomic mass is 35.5. The summed E-state index contributed by atoms with van der Waals surface area (Å²) in [5, 5.41) is 3.76. The fraction of sp³-hybridized carbons (Fsp3) is 0.462. The maximum absolute atomic E-state index is 11.0. The van der Waals surface area contributed by atoms with Gasteiger partial charge in [0.25, 0.3) is 0 Å². The molecule has 0 aliphatic heterocycles. The number of ether oxygens (including phenoxy) is 1. The Hall–Kier alpha value is -1.26. The molecular formula is C13H19ClN2O2. The van der Waals surface area contributed by atoms with E-state index in [0.29, 0.717) is 17.3 Å². The number of amides is 1. The van der Waals surface area contributed by atoms with Gasteiger partial charge in [0.2, 0.25) is 5.91 Å². The van der Waals surface area contributed by atoms with Crippen LogP contribution >= 0.6 is 11.6 Å². The number of nitrogens with one attached hydrogen (secondary N) is 1. The van der Waals surface area contributed by atoms with Crippen molar-refractivity contribution in [2.75, 3.05) is 13.2 Å². The molecule has 0 spiro atoms. The summed E-state index contributed by atoms with van der Waals surface area (Å²) in [6.45, 7) is 5.53. The van der Waals surface area contributed by atoms with E-state index >= 15 is 0 Å². The highest BCUT2D eigenvalue weighted by Gasteiger charge is 2.13. The van der Waals surface area contributed by atoms with Gasteiger partial charge in [-0.05, 0) is 12.6 Å². The van der Waals surface area contributed by atoms with Crippen molar-refractivity contribution < 1.29 is 9.53 Å². The molecule has 1 atom stereocenters. The Morgan fingerprint density at radius 3 is 2.89 bits per heavy atom. The maximum atomic E-state index is 11.0. The molecule has 1 aromatic rings. The van der Waals surface area contributed by atoms with Crippen LogP contribution in [-0.4, -0.2) is 19.1 Å². The van der Waals surface area contributed by atoms with Crippen molar-refractivity contribution in [3.05, 3.63) is 28.8 Å². The average Bonchev–Trinajstić information content (AvgIpc) is 2.34. The van der Waals surface area contributed by atoms with Gasteiger partial charge in [-0.15, -0.1) is 0 Å². The van der Waals surface area contributed by atoms with Crippen molar-refractivity contribution in [2.24, 2.45) is 11.7 Å². The van der Waals surface area contributed by atoms with Crippen molar-refractivity contribution in [2.45, 2.75) is 20.4 Å². The zero-order valence-corrected chi connectivity index (χ0v) is 11.5. The normalized spacial score (nSPS) is 12.2. The molecule has 1 aromatic carbocycles. The van der Waals surface area contributed by atoms with Gasteiger partial charge in [-0.1, -0.05) is 37.6 Å². The quantitative estimate of drug-likeness (QED) is 0.796. The van der Waals surface area contributed by atoms with Gasteiger partial charge < -0.3 is 15.8 Å². The summed E-state index contributed by atoms with van der Waals surface area (Å²) in [4.78, 5) is 11.0. The van der Waals surface area contributed by atoms with Gasteiger partial charge in [0.1, 0.15) is 5.75 Å². The number of carbonyl (C=O) groups excluding carboxylic acids is 1. The lowest BCUT2D eigenvalue weighted by molar-refractivity contribution is -0.122. The largest absolute Gasteiger partial charge is 0.491 e. The summed E-state index contributed by atoms with van der Waals surface area (Å²) in [5.74, 6) is -0.100. The molecule has 1 rings (SSSR count). The third kappa shape index (κ3) is 4.20. The molecule has 4 nitrogen and oxygen atoms in total. The topological polar surface area (TPSA) is 64.3 Å². The van der Waals surface area contributed by atoms with Gasteiger partial charge >= 0.3 is 0 Å². The van der Waals surface area contributed by atoms with E-state index in [9.17, 15) is 4.79 Å². The molecule has 0 aliphatic rings. The first-order chi connectivity index (χ1) is 8.56. The van der Waals surface area contributed by atoms with E-state index in [4.69, 9.17) is 22.1 Å². The number of para-hydroxylation sites is 1. The Kier molecular flexibility index (Phi) is 5.95. The van der Waals surface area contributed by atoms with Crippen molar-refractivity contribution in [1.29, 1.82) is 0 Å². The minimum atomic E-state index is -0.379. The van der Waals surface area contributed by atoms with Gasteiger partial charge in [-0.3, -0.25) is 4.79 Å². The number of nitrogens with two attached hydrogens (primary N) is 1. The van der Waals surface area contributed by atoms with E-state index in [1.807, 2.05) is 19.1 Å². The van der Waals surface area contributed by atoms with Gasteiger partial charge in [0.15, 0.2) is 0 Å². The van der Waals surface area contributed by atoms with E-state index < -0.39 is 0 Å². The second-order valence-corrected chi connectivity index (χ2v) is 4.53. The van der Waals surface area contributed by atoms with Crippen LogP contribution in [-0.2, 0) is 11.3 Å². The maximum Gasteiger partial charge on any atom is 0.223 e. The molecule has 3 N–H and O–H groups in total. The van der Waals surface area contributed by atoms with Gasteiger partial charge in [-0.25, -0.2) is 0 Å². The molecule has 100 valence electrons. The SMILES string of the molecule is CCNCc1cccc(Cl)c1OCC(C)C(N)=O. The summed E-state index contributed by atoms with van der Waals surface area (Å²) in [5.41, 5.74) is 6.17. The number of rotatable bonds is 7. The number of hydrogen-bond acceptors (Lipinski definition) is 3. The van der Waals surface area contributed by atoms with Crippen LogP contribution in [0.2, 0.25) is 5.02 Å². The van der Waals surface area contributed by atoms with E-state index in [2.05, 4.69) is 5.32 Å². The van der Waals surface area contributed by atoms with Crippen LogP contribution in [0, 0.1) is 5.92 Å². The molecule has 1 amide bonds. The minimum absolute atomic E-state index is 0.234. The lowest BCUT2D eigenvalue weighted by atomic mass is 10.1. The van der Waals surface area contributed by atoms with Crippen LogP contribution < -0.4 is 15.8 Å². The first-order valence-electron chi connectivity index (χ1n) is 5.96. The molecule has 0 aromatic heterocycles. The van der Waals surface area contributed by atoms with Crippen LogP contribution in [0.5, 0.6) is 5.75 Å². The number of primary amides is 1. The Morgan fingerprint density at radius 1 is 1.56 bits per heavy atom. The summed E-state index contributed by atoms with van der Waals surface area (Å²) in [7, 11) is 0. The molecule has 1 unspecified atom stereocenters. The summed E-state index contributed by atoms with van der Waals surface area (Å²) < 4.78 is 5.62. The second-order valence-electron chi connectivity index (χ2n) is 4.12. The van der Waals surface area contributed by atoms with Gasteiger partial charge in [0, 0.05) is 12.1 Å². The first kappa shape index (κ1) is 14.8. The summed E-state index contributed by atoms with van der Waals surface area (Å²) in [6.07, 6.45) is 0. The Labute approximate surface area is 112 Å². The van der Waals surface area contributed by atoms with Crippen LogP contribution in [0.1, 0.15) is 19.4 Å². The molecule has 0 aliphatic carbocycles. The molecule has 5 heteroatoms. The molecule has 0 saturated heterocycles. The highest BCUT2D eigenvalue weighted by Crippen LogP contribution is 2.29. The number of hydrogen-bond donors (Lipinski definition) is 2. The summed E-state index contributed by atoms with van der Waals surface area (Å²) >= 11 is 6.10. The smallest absolute Gasteiger partial charge is 0.223 e. The molecule has 0 heterocycles. The lowest BCUT2D eigenvalue weighted by Crippen LogP contribution is -2.26. The molecule has 0 fully saturated rings. The fourth-order valence-electron chi connectivity index (χ4n) is 1.40. The first-order valence-corrected chi connectivity index (χ1v) is 6.34. The number of benzene rings is 1. The average molecular weight is 271 g/mol. The Balaban J connectivity index is 2.76. The van der Waals surface area contributed by atoms with Crippen molar-refractivity contribution >= 4 is 17.5 Å². The highest BCUT2D eigenvalue weighted by molar-refractivity contribution is 6.32. The molecule has 0 bridgehead atoms. The zero-order valence-electron chi connectivity index (χ0n) is 10.7. The van der Waals surface area contributed by atoms with E-state index in [-0.39, 0.29) is 18.4 Å². The van der Waals surface area contributed by atoms with E-state index in [1.54, 1.807) is 13.0 Å². The van der Waals surface area contributed by atoms with Crippen LogP contribution in [0.4, 0.5) is 0 Å². The molecule has 0 saturated carbocycles. The van der Waals surface area contributed by atoms with Crippen LogP contribution in [0.25, 0.3) is 0 Å². The summed E-state index contributed by atoms with van der Waals surface area (Å²) in [6, 6.07) is 5.58. The second kappa shape index (κ2) is 7.24. The number of carbonyl (C=O) groups is 1. The van der Waals surface area contributed by atoms with Gasteiger partial charge in [0.05, 0.1) is 17.5 Å². The Morgan fingerprint density at radius 2 is 2.28 bits per heavy atom. The van der Waals surface area contributed by atoms with Crippen molar-refractivity contribution in [3.63, 3.8) is 0 Å². The van der Waals surface area contributed by atoms with Crippen molar-refractivity contribution in [1.82, 2.24) is 5.32 Å². The van der Waals surface area contributed by atoms with Crippen LogP contribution in [0.15, 0.2) is 18.2 Å². The lowest BCUT2D eigenvalue weighted by Gasteiger charge is -2.15.